The van der Waals surface area contributed by atoms with Gasteiger partial charge in [0.15, 0.2) is 5.78 Å². The van der Waals surface area contributed by atoms with Gasteiger partial charge in [-0.2, -0.15) is 0 Å². The number of carbonyl (C=O) groups is 4. The van der Waals surface area contributed by atoms with E-state index in [9.17, 15) is 24.3 Å². The fourth-order valence-electron chi connectivity index (χ4n) is 17.1. The van der Waals surface area contributed by atoms with Crippen LogP contribution in [0.4, 0.5) is 4.79 Å². The van der Waals surface area contributed by atoms with Gasteiger partial charge in [0, 0.05) is 35.9 Å². The fourth-order valence-corrected chi connectivity index (χ4v) is 17.1. The number of nitrogens with one attached hydrogen (secondary N) is 1. The molecule has 7 fully saturated rings. The summed E-state index contributed by atoms with van der Waals surface area (Å²) in [7, 11) is 0. The van der Waals surface area contributed by atoms with E-state index in [1.54, 1.807) is 0 Å². The lowest BCUT2D eigenvalue weighted by molar-refractivity contribution is -0.235. The number of hydrogen-bond donors (Lipinski definition) is 2. The summed E-state index contributed by atoms with van der Waals surface area (Å²) < 4.78 is 8.80. The number of piperidine rings is 1. The number of rotatable bonds is 7. The average Bonchev–Trinajstić information content (AvgIpc) is 3.80. The van der Waals surface area contributed by atoms with E-state index in [2.05, 4.69) is 94.2 Å². The number of carbonyl (C=O) groups excluding carboxylic acids is 3. The maximum absolute atomic E-state index is 14.9. The number of ether oxygens (including phenoxy) is 1. The van der Waals surface area contributed by atoms with Gasteiger partial charge >= 0.3 is 18.0 Å². The molecule has 3 heterocycles. The van der Waals surface area contributed by atoms with Gasteiger partial charge in [-0.15, -0.1) is 10.2 Å². The topological polar surface area (TPSA) is 144 Å². The van der Waals surface area contributed by atoms with Crippen molar-refractivity contribution in [2.75, 3.05) is 0 Å². The minimum Gasteiger partial charge on any atom is -0.481 e. The number of ketones is 1. The summed E-state index contributed by atoms with van der Waals surface area (Å²) in [6.45, 7) is 26.9. The Morgan fingerprint density at radius 1 is 0.742 bits per heavy atom. The van der Waals surface area contributed by atoms with Crippen molar-refractivity contribution in [3.8, 4) is 0 Å². The molecule has 62 heavy (non-hydrogen) atoms. The number of amides is 2. The van der Waals surface area contributed by atoms with Crippen LogP contribution < -0.4 is 5.32 Å². The van der Waals surface area contributed by atoms with E-state index in [1.807, 2.05) is 13.8 Å². The van der Waals surface area contributed by atoms with Gasteiger partial charge < -0.3 is 24.6 Å². The van der Waals surface area contributed by atoms with E-state index in [4.69, 9.17) is 4.74 Å². The van der Waals surface area contributed by atoms with E-state index in [1.165, 1.54) is 5.57 Å². The van der Waals surface area contributed by atoms with Crippen molar-refractivity contribution in [2.45, 2.75) is 209 Å². The number of fused-ring (bicyclic) bond motifs is 9. The standard InChI is InChI=1S/C51H77N5O6/c1-27(2)40-36(57)26-51(52-45(61)56-30-13-14-31(56)24-32(23-30)55-29(5)53-54-42(55)28(3)4)22-21-49(11)33(41(40)51)15-16-38-48(10)19-18-39(47(8,9)37(48)17-20-50(38,49)12)62-44(60)35-25-34(43(58)59)46(35,6)7/h27-28,30-35,37-39H,13-26H2,1-12H3,(H,52,61)(H,58,59)/t30?,31?,32?,33-,34+,35-,37+,38-,39+,48+,49-,50-,51-/m1/s1. The lowest BCUT2D eigenvalue weighted by atomic mass is 9.33. The number of carboxylic acids is 1. The number of hydrogen-bond acceptors (Lipinski definition) is 7. The van der Waals surface area contributed by atoms with E-state index >= 15 is 0 Å². The van der Waals surface area contributed by atoms with Crippen LogP contribution in [-0.2, 0) is 19.1 Å². The largest absolute Gasteiger partial charge is 0.481 e. The molecule has 1 aromatic rings. The van der Waals surface area contributed by atoms with E-state index < -0.39 is 22.8 Å². The highest BCUT2D eigenvalue weighted by Crippen LogP contribution is 2.76. The van der Waals surface area contributed by atoms with Crippen molar-refractivity contribution in [1.82, 2.24) is 25.0 Å². The first kappa shape index (κ1) is 44.0. The summed E-state index contributed by atoms with van der Waals surface area (Å²) >= 11 is 0. The molecule has 2 N–H and O–H groups in total. The molecule has 2 aliphatic heterocycles. The van der Waals surface area contributed by atoms with Gasteiger partial charge in [-0.05, 0) is 147 Å². The van der Waals surface area contributed by atoms with Crippen molar-refractivity contribution in [1.29, 1.82) is 0 Å². The molecule has 6 aliphatic carbocycles. The number of aromatic nitrogens is 3. The summed E-state index contributed by atoms with van der Waals surface area (Å²) in [4.78, 5) is 57.0. The van der Waals surface area contributed by atoms with Crippen molar-refractivity contribution in [3.05, 3.63) is 22.8 Å². The fraction of sp³-hybridized carbons (Fsp3) is 0.843. The Kier molecular flexibility index (Phi) is 10.2. The summed E-state index contributed by atoms with van der Waals surface area (Å²) in [5.74, 6) is 1.72. The minimum absolute atomic E-state index is 0.0228. The van der Waals surface area contributed by atoms with Crippen molar-refractivity contribution < 1.29 is 29.0 Å². The highest BCUT2D eigenvalue weighted by molar-refractivity contribution is 6.02. The number of aliphatic carboxylic acids is 1. The van der Waals surface area contributed by atoms with Crippen molar-refractivity contribution in [3.63, 3.8) is 0 Å². The molecule has 0 spiro atoms. The molecule has 11 heteroatoms. The van der Waals surface area contributed by atoms with Gasteiger partial charge in [0.2, 0.25) is 0 Å². The quantitative estimate of drug-likeness (QED) is 0.258. The van der Waals surface area contributed by atoms with Crippen LogP contribution in [0.3, 0.4) is 0 Å². The number of urea groups is 1. The Morgan fingerprint density at radius 2 is 1.42 bits per heavy atom. The number of Topliss-reactive ketones (excluding diaryl/α,β-unsaturated/α-hetero) is 1. The van der Waals surface area contributed by atoms with Gasteiger partial charge in [-0.3, -0.25) is 14.4 Å². The lowest BCUT2D eigenvalue weighted by Crippen LogP contribution is -2.68. The van der Waals surface area contributed by atoms with Crippen LogP contribution in [0.1, 0.15) is 190 Å². The molecule has 8 aliphatic rings. The minimum atomic E-state index is -0.829. The third-order valence-corrected chi connectivity index (χ3v) is 20.5. The van der Waals surface area contributed by atoms with Crippen molar-refractivity contribution >= 4 is 23.8 Å². The monoisotopic (exact) mass is 856 g/mol. The molecular formula is C51H77N5O6. The second-order valence-corrected chi connectivity index (χ2v) is 24.5. The van der Waals surface area contributed by atoms with Gasteiger partial charge in [-0.1, -0.05) is 76.2 Å². The molecule has 9 rings (SSSR count). The zero-order valence-electron chi connectivity index (χ0n) is 40.0. The third kappa shape index (κ3) is 5.98. The zero-order valence-corrected chi connectivity index (χ0v) is 40.0. The maximum atomic E-state index is 14.9. The first-order valence-electron chi connectivity index (χ1n) is 24.7. The SMILES string of the molecule is Cc1nnc(C(C)C)n1C1CC2CCC(C1)N2C(=O)N[C@@]12CC[C@]3(C)[C@H](CC[C@@H]4[C@@]5(C)CC[C@H](OC(=O)[C@H]6C[C@@H](C(=O)O)C6(C)C)C(C)(C)[C@@H]5CC[C@]43C)C1=C(C(C)C)C(=O)C2. The van der Waals surface area contributed by atoms with Gasteiger partial charge in [0.05, 0.1) is 17.4 Å². The molecule has 0 radical (unpaired) electrons. The number of allylic oxidation sites excluding steroid dienone is 1. The van der Waals surface area contributed by atoms with Crippen LogP contribution in [-0.4, -0.2) is 72.3 Å². The molecule has 12 atom stereocenters. The predicted octanol–water partition coefficient (Wildman–Crippen LogP) is 9.98. The number of carboxylic acid groups (broad SMARTS) is 1. The zero-order chi connectivity index (χ0) is 44.9. The van der Waals surface area contributed by atoms with E-state index in [0.717, 1.165) is 94.3 Å². The summed E-state index contributed by atoms with van der Waals surface area (Å²) in [5.41, 5.74) is 0.848. The second kappa shape index (κ2) is 14.4. The average molecular weight is 856 g/mol. The van der Waals surface area contributed by atoms with Crippen LogP contribution in [0, 0.1) is 69.5 Å². The van der Waals surface area contributed by atoms with Gasteiger partial charge in [0.25, 0.3) is 0 Å². The van der Waals surface area contributed by atoms with E-state index in [0.29, 0.717) is 24.7 Å². The van der Waals surface area contributed by atoms with Crippen LogP contribution >= 0.6 is 0 Å². The smallest absolute Gasteiger partial charge is 0.318 e. The number of aryl methyl sites for hydroxylation is 1. The van der Waals surface area contributed by atoms with Crippen LogP contribution in [0.2, 0.25) is 0 Å². The summed E-state index contributed by atoms with van der Waals surface area (Å²) in [5, 5.41) is 22.4. The van der Waals surface area contributed by atoms with E-state index in [-0.39, 0.29) is 87.3 Å². The Labute approximate surface area is 370 Å². The van der Waals surface area contributed by atoms with Gasteiger partial charge in [0.1, 0.15) is 17.8 Å². The molecule has 5 saturated carbocycles. The highest BCUT2D eigenvalue weighted by Gasteiger charge is 2.71. The molecule has 2 saturated heterocycles. The Morgan fingerprint density at radius 3 is 2.03 bits per heavy atom. The Bertz CT molecular complexity index is 2070. The summed E-state index contributed by atoms with van der Waals surface area (Å²) in [6, 6.07) is 0.616. The maximum Gasteiger partial charge on any atom is 0.318 e. The molecule has 2 amide bonds. The first-order valence-corrected chi connectivity index (χ1v) is 24.7. The van der Waals surface area contributed by atoms with Crippen LogP contribution in [0.15, 0.2) is 11.1 Å². The predicted molar refractivity (Wildman–Crippen MR) is 237 cm³/mol. The van der Waals surface area contributed by atoms with Crippen LogP contribution in [0.5, 0.6) is 0 Å². The van der Waals surface area contributed by atoms with Crippen molar-refractivity contribution in [2.24, 2.45) is 62.6 Å². The molecule has 2 bridgehead atoms. The number of esters is 1. The second-order valence-electron chi connectivity index (χ2n) is 24.5. The normalized spacial score (nSPS) is 42.8. The Balaban J connectivity index is 0.955. The molecular weight excluding hydrogens is 779 g/mol. The van der Waals surface area contributed by atoms with Gasteiger partial charge in [-0.25, -0.2) is 4.79 Å². The molecule has 342 valence electrons. The molecule has 0 aromatic carbocycles. The lowest BCUT2D eigenvalue weighted by Gasteiger charge is -2.72. The first-order chi connectivity index (χ1) is 28.9. The summed E-state index contributed by atoms with van der Waals surface area (Å²) in [6.07, 6.45) is 12.2. The highest BCUT2D eigenvalue weighted by atomic mass is 16.5. The Hall–Kier alpha value is -3.24. The molecule has 2 unspecified atom stereocenters. The van der Waals surface area contributed by atoms with Crippen LogP contribution in [0.25, 0.3) is 0 Å². The third-order valence-electron chi connectivity index (χ3n) is 20.5. The number of nitrogens with zero attached hydrogens (tertiary/aromatic N) is 4. The molecule has 1 aromatic heterocycles. The molecule has 11 nitrogen and oxygen atoms in total.